The van der Waals surface area contributed by atoms with Crippen LogP contribution in [0.2, 0.25) is 0 Å². The van der Waals surface area contributed by atoms with E-state index in [1.807, 2.05) is 6.92 Å². The molecule has 0 bridgehead atoms. The molecule has 4 atom stereocenters. The predicted octanol–water partition coefficient (Wildman–Crippen LogP) is 7.59. The second kappa shape index (κ2) is 25.9. The van der Waals surface area contributed by atoms with Gasteiger partial charge in [-0.3, -0.25) is 10.2 Å². The number of thioether (sulfide) groups is 1. The van der Waals surface area contributed by atoms with Crippen LogP contribution in [0, 0.1) is 12.3 Å². The smallest absolute Gasteiger partial charge is 0.357 e. The zero-order chi connectivity index (χ0) is 50.1. The second-order valence-electron chi connectivity index (χ2n) is 16.1. The highest BCUT2D eigenvalue weighted by molar-refractivity contribution is 8.05. The van der Waals surface area contributed by atoms with Crippen molar-refractivity contribution in [3.05, 3.63) is 112 Å². The number of ether oxygens (including phenoxy) is 11. The van der Waals surface area contributed by atoms with Gasteiger partial charge in [0.05, 0.1) is 50.7 Å². The number of rotatable bonds is 28. The Morgan fingerprint density at radius 2 is 1.30 bits per heavy atom. The highest BCUT2D eigenvalue weighted by Gasteiger charge is 2.40. The summed E-state index contributed by atoms with van der Waals surface area (Å²) in [6.07, 6.45) is 5.97. The highest BCUT2D eigenvalue weighted by atomic mass is 32.2. The molecule has 7 rings (SSSR count). The van der Waals surface area contributed by atoms with Crippen molar-refractivity contribution in [2.24, 2.45) is 0 Å². The number of unbranched alkanes of at least 4 members (excludes halogenated alkanes) is 2. The first-order chi connectivity index (χ1) is 34.4. The molecule has 0 spiro atoms. The number of carbonyl (C=O) groups is 5. The lowest BCUT2D eigenvalue weighted by Gasteiger charge is -2.18. The number of carbonyl (C=O) groups excluding carboxylic acids is 5. The van der Waals surface area contributed by atoms with Crippen molar-refractivity contribution < 1.29 is 76.1 Å². The Morgan fingerprint density at radius 1 is 0.704 bits per heavy atom. The summed E-state index contributed by atoms with van der Waals surface area (Å²) >= 11 is 1.87. The van der Waals surface area contributed by atoms with E-state index in [0.29, 0.717) is 81.7 Å². The van der Waals surface area contributed by atoms with Crippen molar-refractivity contribution in [3.8, 4) is 40.2 Å². The third kappa shape index (κ3) is 16.4. The van der Waals surface area contributed by atoms with E-state index in [1.165, 1.54) is 24.3 Å². The van der Waals surface area contributed by atoms with E-state index >= 15 is 0 Å². The SMILES string of the molecule is C=CC(=O)OCCCCOc1ccc(OC(=O)c2sc(C(=O)Oc3ccc(OC(=O)C4=CC(NCC5CO5)C(C(=O)Oc5ccc(OCCCCOC(=N)CC)cc5)S4)cc3C)cc2OCC2CO2)cc1. The summed E-state index contributed by atoms with van der Waals surface area (Å²) in [6, 6.07) is 18.5. The number of esters is 5. The molecule has 2 fully saturated rings. The molecule has 0 amide bonds. The molecule has 2 N–H and O–H groups in total. The molecule has 0 saturated carbocycles. The van der Waals surface area contributed by atoms with Crippen LogP contribution < -0.4 is 38.5 Å². The van der Waals surface area contributed by atoms with Gasteiger partial charge in [-0.1, -0.05) is 13.5 Å². The lowest BCUT2D eigenvalue weighted by Crippen LogP contribution is -2.42. The van der Waals surface area contributed by atoms with Gasteiger partial charge < -0.3 is 57.4 Å². The van der Waals surface area contributed by atoms with Crippen LogP contribution in [0.1, 0.15) is 63.9 Å². The summed E-state index contributed by atoms with van der Waals surface area (Å²) < 4.78 is 61.0. The van der Waals surface area contributed by atoms with Crippen molar-refractivity contribution in [1.82, 2.24) is 5.32 Å². The first-order valence-corrected chi connectivity index (χ1v) is 24.7. The molecule has 20 heteroatoms. The maximum Gasteiger partial charge on any atom is 0.357 e. The Bertz CT molecular complexity index is 2550. The Labute approximate surface area is 418 Å². The number of thiophene rings is 1. The Morgan fingerprint density at radius 3 is 1.92 bits per heavy atom. The molecular weight excluding hydrogens is 961 g/mol. The van der Waals surface area contributed by atoms with Gasteiger partial charge in [0.2, 0.25) is 0 Å². The summed E-state index contributed by atoms with van der Waals surface area (Å²) in [5.74, 6) is -0.779. The number of nitrogens with one attached hydrogen (secondary N) is 2. The van der Waals surface area contributed by atoms with E-state index in [4.69, 9.17) is 57.5 Å². The van der Waals surface area contributed by atoms with Gasteiger partial charge in [-0.2, -0.15) is 0 Å². The maximum absolute atomic E-state index is 13.5. The van der Waals surface area contributed by atoms with Crippen molar-refractivity contribution in [2.75, 3.05) is 52.8 Å². The molecule has 18 nitrogen and oxygen atoms in total. The zero-order valence-electron chi connectivity index (χ0n) is 39.1. The van der Waals surface area contributed by atoms with E-state index in [2.05, 4.69) is 11.9 Å². The fourth-order valence-electron chi connectivity index (χ4n) is 6.46. The number of epoxide rings is 2. The minimum Gasteiger partial charge on any atom is -0.494 e. The fraction of sp³-hybridized carbons (Fsp3) is 0.373. The molecule has 1 aromatic heterocycles. The van der Waals surface area contributed by atoms with Crippen LogP contribution in [0.5, 0.6) is 40.2 Å². The van der Waals surface area contributed by atoms with E-state index in [-0.39, 0.29) is 69.0 Å². The van der Waals surface area contributed by atoms with Crippen molar-refractivity contribution in [3.63, 3.8) is 0 Å². The van der Waals surface area contributed by atoms with E-state index in [1.54, 1.807) is 61.5 Å². The quantitative estimate of drug-likeness (QED) is 0.0106. The Balaban J connectivity index is 0.907. The van der Waals surface area contributed by atoms with Gasteiger partial charge in [-0.15, -0.1) is 23.1 Å². The van der Waals surface area contributed by atoms with Crippen LogP contribution in [0.15, 0.2) is 96.4 Å². The van der Waals surface area contributed by atoms with Crippen LogP contribution in [0.3, 0.4) is 0 Å². The van der Waals surface area contributed by atoms with Gasteiger partial charge in [0, 0.05) is 31.1 Å². The molecule has 3 aliphatic rings. The molecule has 2 saturated heterocycles. The predicted molar refractivity (Wildman–Crippen MR) is 260 cm³/mol. The van der Waals surface area contributed by atoms with E-state index in [9.17, 15) is 24.0 Å². The van der Waals surface area contributed by atoms with Gasteiger partial charge in [0.1, 0.15) is 63.1 Å². The summed E-state index contributed by atoms with van der Waals surface area (Å²) in [5, 5.41) is 10.0. The molecule has 71 heavy (non-hydrogen) atoms. The highest BCUT2D eigenvalue weighted by Crippen LogP contribution is 2.37. The molecule has 4 aromatic rings. The third-order valence-electron chi connectivity index (χ3n) is 10.5. The van der Waals surface area contributed by atoms with Gasteiger partial charge in [-0.25, -0.2) is 19.2 Å². The van der Waals surface area contributed by atoms with Crippen LogP contribution in [0.25, 0.3) is 0 Å². The third-order valence-corrected chi connectivity index (χ3v) is 12.9. The summed E-state index contributed by atoms with van der Waals surface area (Å²) in [5.41, 5.74) is 0.470. The van der Waals surface area contributed by atoms with Crippen LogP contribution in [-0.4, -0.2) is 112 Å². The molecule has 3 aliphatic heterocycles. The number of hydrogen-bond acceptors (Lipinski definition) is 20. The second-order valence-corrected chi connectivity index (χ2v) is 18.3. The summed E-state index contributed by atoms with van der Waals surface area (Å²) in [4.78, 5) is 65.5. The van der Waals surface area contributed by atoms with Crippen LogP contribution in [-0.2, 0) is 33.3 Å². The largest absolute Gasteiger partial charge is 0.494 e. The van der Waals surface area contributed by atoms with Gasteiger partial charge >= 0.3 is 29.8 Å². The summed E-state index contributed by atoms with van der Waals surface area (Å²) in [7, 11) is 0. The monoisotopic (exact) mass is 1010 g/mol. The normalized spacial score (nSPS) is 17.5. The molecule has 4 heterocycles. The number of hydrogen-bond donors (Lipinski definition) is 2. The minimum absolute atomic E-state index is 0.0147. The first-order valence-electron chi connectivity index (χ1n) is 23.0. The number of aryl methyl sites for hydroxylation is 1. The molecule has 0 aliphatic carbocycles. The summed E-state index contributed by atoms with van der Waals surface area (Å²) in [6.45, 7) is 10.2. The zero-order valence-corrected chi connectivity index (χ0v) is 40.8. The van der Waals surface area contributed by atoms with Crippen molar-refractivity contribution in [2.45, 2.75) is 69.5 Å². The van der Waals surface area contributed by atoms with Crippen molar-refractivity contribution >= 4 is 58.8 Å². The molecule has 3 aromatic carbocycles. The lowest BCUT2D eigenvalue weighted by molar-refractivity contribution is -0.138. The van der Waals surface area contributed by atoms with E-state index < -0.39 is 41.1 Å². The number of benzene rings is 3. The molecular formula is C51H54N2O16S2. The van der Waals surface area contributed by atoms with Gasteiger partial charge in [0.25, 0.3) is 0 Å². The van der Waals surface area contributed by atoms with Crippen LogP contribution in [0.4, 0.5) is 0 Å². The van der Waals surface area contributed by atoms with E-state index in [0.717, 1.165) is 42.0 Å². The van der Waals surface area contributed by atoms with Gasteiger partial charge in [0.15, 0.2) is 10.8 Å². The van der Waals surface area contributed by atoms with Crippen molar-refractivity contribution in [1.29, 1.82) is 5.41 Å². The lowest BCUT2D eigenvalue weighted by atomic mass is 10.2. The molecule has 0 radical (unpaired) electrons. The average Bonchev–Trinajstić information content (AvgIpc) is 4.30. The maximum atomic E-state index is 13.5. The molecule has 376 valence electrons. The molecule has 4 unspecified atom stereocenters. The topological polar surface area (TPSA) is 229 Å². The minimum atomic E-state index is -0.808. The standard InChI is InChI=1S/C51H54N2O16S2/c1-4-44(52)61-22-8-6-20-59-32-10-14-34(15-11-32)66-50(57)46-39(53-27-37-28-63-37)25-42(70-46)48(55)68-36-18-19-40(31(3)24-36)69-49(56)43-26-41(65-30-38-29-64-38)47(71-43)51(58)67-35-16-12-33(13-17-35)60-21-7-9-23-62-45(54)5-2/h5,10-19,24-26,37-39,46,52-53H,2,4,6-9,20-23,27-30H2,1,3H3. The Hall–Kier alpha value is -6.71. The van der Waals surface area contributed by atoms with Crippen LogP contribution >= 0.6 is 23.1 Å². The Kier molecular flexibility index (Phi) is 19.0. The fourth-order valence-corrected chi connectivity index (χ4v) is 8.42. The first kappa shape index (κ1) is 52.1. The van der Waals surface area contributed by atoms with Gasteiger partial charge in [-0.05, 0) is 111 Å². The average molecular weight is 1020 g/mol.